The largest absolute Gasteiger partial charge is 0.439 e. The molecule has 0 aliphatic carbocycles. The lowest BCUT2D eigenvalue weighted by atomic mass is 10.3. The van der Waals surface area contributed by atoms with Gasteiger partial charge in [-0.3, -0.25) is 14.2 Å². The highest BCUT2D eigenvalue weighted by molar-refractivity contribution is 6.02. The number of nitrogens with one attached hydrogen (secondary N) is 1. The second-order valence-corrected chi connectivity index (χ2v) is 6.34. The summed E-state index contributed by atoms with van der Waals surface area (Å²) in [5.41, 5.74) is 0.408. The molecular formula is C20H17N7O3. The molecule has 0 spiro atoms. The molecule has 0 aliphatic rings. The number of hydrogen-bond acceptors (Lipinski definition) is 7. The highest BCUT2D eigenvalue weighted by atomic mass is 16.5. The smallest absolute Gasteiger partial charge is 0.276 e. The molecule has 0 atom stereocenters. The first-order valence-electron chi connectivity index (χ1n) is 8.95. The molecule has 1 amide bonds. The van der Waals surface area contributed by atoms with Crippen LogP contribution in [0, 0.1) is 6.92 Å². The molecule has 3 heterocycles. The molecule has 150 valence electrons. The zero-order chi connectivity index (χ0) is 21.1. The maximum Gasteiger partial charge on any atom is 0.276 e. The molecule has 0 aliphatic heterocycles. The Bertz CT molecular complexity index is 1250. The Labute approximate surface area is 170 Å². The van der Waals surface area contributed by atoms with E-state index in [1.165, 1.54) is 19.2 Å². The lowest BCUT2D eigenvalue weighted by Gasteiger charge is -2.09. The second kappa shape index (κ2) is 7.95. The number of imidazole rings is 1. The minimum absolute atomic E-state index is 0.140. The number of carbonyl (C=O) groups is 1. The number of aryl methyl sites for hydroxylation is 2. The van der Waals surface area contributed by atoms with Crippen LogP contribution in [-0.2, 0) is 7.05 Å². The normalized spacial score (nSPS) is 10.6. The van der Waals surface area contributed by atoms with Crippen LogP contribution in [0.25, 0.3) is 5.82 Å². The maximum absolute atomic E-state index is 12.3. The molecular weight excluding hydrogens is 386 g/mol. The van der Waals surface area contributed by atoms with Gasteiger partial charge in [-0.15, -0.1) is 0 Å². The highest BCUT2D eigenvalue weighted by Crippen LogP contribution is 2.23. The van der Waals surface area contributed by atoms with Gasteiger partial charge in [0.15, 0.2) is 0 Å². The Balaban J connectivity index is 1.47. The number of hydrogen-bond donors (Lipinski definition) is 1. The standard InChI is InChI=1S/C20H17N7O3/c1-13-22-17(27-10-9-21-12-27)11-18(23-13)30-15-5-3-14(4-6-15)24-20(29)16-7-8-19(28)26(2)25-16/h3-12H,1-2H3,(H,24,29). The van der Waals surface area contributed by atoms with E-state index in [0.717, 1.165) is 4.68 Å². The van der Waals surface area contributed by atoms with Gasteiger partial charge in [0.2, 0.25) is 5.88 Å². The number of amides is 1. The Morgan fingerprint density at radius 3 is 2.60 bits per heavy atom. The Hall–Kier alpha value is -4.34. The zero-order valence-corrected chi connectivity index (χ0v) is 16.2. The summed E-state index contributed by atoms with van der Waals surface area (Å²) in [6, 6.07) is 11.2. The number of aromatic nitrogens is 6. The molecule has 0 saturated carbocycles. The molecule has 4 rings (SSSR count). The van der Waals surface area contributed by atoms with Crippen LogP contribution in [0.15, 0.2) is 66.0 Å². The van der Waals surface area contributed by atoms with Gasteiger partial charge in [0, 0.05) is 37.3 Å². The summed E-state index contributed by atoms with van der Waals surface area (Å²) in [6.45, 7) is 1.78. The lowest BCUT2D eigenvalue weighted by molar-refractivity contribution is 0.102. The number of benzene rings is 1. The van der Waals surface area contributed by atoms with Crippen molar-refractivity contribution in [2.24, 2.45) is 7.05 Å². The van der Waals surface area contributed by atoms with Crippen LogP contribution >= 0.6 is 0 Å². The van der Waals surface area contributed by atoms with Crippen molar-refractivity contribution in [2.75, 3.05) is 5.32 Å². The number of nitrogens with zero attached hydrogens (tertiary/aromatic N) is 6. The summed E-state index contributed by atoms with van der Waals surface area (Å²) in [4.78, 5) is 36.4. The van der Waals surface area contributed by atoms with Gasteiger partial charge in [0.25, 0.3) is 11.5 Å². The number of rotatable bonds is 5. The van der Waals surface area contributed by atoms with Crippen molar-refractivity contribution < 1.29 is 9.53 Å². The number of carbonyl (C=O) groups excluding carboxylic acids is 1. The molecule has 0 bridgehead atoms. The minimum Gasteiger partial charge on any atom is -0.439 e. The van der Waals surface area contributed by atoms with E-state index in [0.29, 0.717) is 29.0 Å². The van der Waals surface area contributed by atoms with Crippen molar-refractivity contribution in [2.45, 2.75) is 6.92 Å². The molecule has 10 heteroatoms. The topological polar surface area (TPSA) is 117 Å². The number of ether oxygens (including phenoxy) is 1. The van der Waals surface area contributed by atoms with Crippen molar-refractivity contribution >= 4 is 11.6 Å². The monoisotopic (exact) mass is 403 g/mol. The van der Waals surface area contributed by atoms with E-state index in [4.69, 9.17) is 4.74 Å². The molecule has 30 heavy (non-hydrogen) atoms. The fourth-order valence-corrected chi connectivity index (χ4v) is 2.65. The van der Waals surface area contributed by atoms with Crippen molar-refractivity contribution in [1.29, 1.82) is 0 Å². The van der Waals surface area contributed by atoms with Gasteiger partial charge in [0.05, 0.1) is 0 Å². The fraction of sp³-hybridized carbons (Fsp3) is 0.100. The summed E-state index contributed by atoms with van der Waals surface area (Å²) in [6.07, 6.45) is 5.08. The molecule has 0 radical (unpaired) electrons. The van der Waals surface area contributed by atoms with E-state index in [9.17, 15) is 9.59 Å². The molecule has 3 aromatic heterocycles. The van der Waals surface area contributed by atoms with Crippen molar-refractivity contribution in [1.82, 2.24) is 29.3 Å². The summed E-state index contributed by atoms with van der Waals surface area (Å²) in [7, 11) is 1.48. The molecule has 1 N–H and O–H groups in total. The van der Waals surface area contributed by atoms with Crippen molar-refractivity contribution in [3.8, 4) is 17.4 Å². The average molecular weight is 403 g/mol. The molecule has 0 unspecified atom stereocenters. The van der Waals surface area contributed by atoms with Crippen LogP contribution in [0.3, 0.4) is 0 Å². The third-order valence-corrected chi connectivity index (χ3v) is 4.10. The summed E-state index contributed by atoms with van der Waals surface area (Å²) in [5.74, 6) is 1.71. The van der Waals surface area contributed by atoms with Gasteiger partial charge >= 0.3 is 0 Å². The SMILES string of the molecule is Cc1nc(Oc2ccc(NC(=O)c3ccc(=O)n(C)n3)cc2)cc(-n2ccnc2)n1. The Morgan fingerprint density at radius 1 is 1.10 bits per heavy atom. The van der Waals surface area contributed by atoms with E-state index in [1.807, 2.05) is 0 Å². The van der Waals surface area contributed by atoms with Gasteiger partial charge < -0.3 is 10.1 Å². The van der Waals surface area contributed by atoms with Crippen LogP contribution in [0.5, 0.6) is 11.6 Å². The van der Waals surface area contributed by atoms with Crippen molar-refractivity contribution in [3.63, 3.8) is 0 Å². The van der Waals surface area contributed by atoms with Crippen LogP contribution in [0.4, 0.5) is 5.69 Å². The Morgan fingerprint density at radius 2 is 1.90 bits per heavy atom. The summed E-state index contributed by atoms with van der Waals surface area (Å²) in [5, 5.41) is 6.65. The van der Waals surface area contributed by atoms with Crippen LogP contribution in [0.1, 0.15) is 16.3 Å². The predicted molar refractivity (Wildman–Crippen MR) is 108 cm³/mol. The van der Waals surface area contributed by atoms with E-state index in [2.05, 4.69) is 25.4 Å². The van der Waals surface area contributed by atoms with Gasteiger partial charge in [-0.2, -0.15) is 10.1 Å². The summed E-state index contributed by atoms with van der Waals surface area (Å²) < 4.78 is 8.69. The Kier molecular flexibility index (Phi) is 5.04. The first kappa shape index (κ1) is 19.0. The quantitative estimate of drug-likeness (QED) is 0.542. The second-order valence-electron chi connectivity index (χ2n) is 6.34. The average Bonchev–Trinajstić information content (AvgIpc) is 3.26. The van der Waals surface area contributed by atoms with E-state index < -0.39 is 5.91 Å². The van der Waals surface area contributed by atoms with Gasteiger partial charge in [-0.05, 0) is 37.3 Å². The van der Waals surface area contributed by atoms with Gasteiger partial charge in [-0.25, -0.2) is 14.6 Å². The lowest BCUT2D eigenvalue weighted by Crippen LogP contribution is -2.23. The minimum atomic E-state index is -0.421. The molecule has 10 nitrogen and oxygen atoms in total. The first-order chi connectivity index (χ1) is 14.5. The maximum atomic E-state index is 12.3. The van der Waals surface area contributed by atoms with Crippen LogP contribution in [0.2, 0.25) is 0 Å². The van der Waals surface area contributed by atoms with E-state index >= 15 is 0 Å². The summed E-state index contributed by atoms with van der Waals surface area (Å²) >= 11 is 0. The van der Waals surface area contributed by atoms with E-state index in [-0.39, 0.29) is 11.3 Å². The zero-order valence-electron chi connectivity index (χ0n) is 16.2. The molecule has 0 fully saturated rings. The molecule has 1 aromatic carbocycles. The van der Waals surface area contributed by atoms with Gasteiger partial charge in [0.1, 0.15) is 29.4 Å². The van der Waals surface area contributed by atoms with Crippen LogP contribution < -0.4 is 15.6 Å². The third-order valence-electron chi connectivity index (χ3n) is 4.10. The highest BCUT2D eigenvalue weighted by Gasteiger charge is 2.10. The van der Waals surface area contributed by atoms with Gasteiger partial charge in [-0.1, -0.05) is 0 Å². The first-order valence-corrected chi connectivity index (χ1v) is 8.95. The van der Waals surface area contributed by atoms with E-state index in [1.54, 1.807) is 60.5 Å². The molecule has 0 saturated heterocycles. The molecule has 4 aromatic rings. The third kappa shape index (κ3) is 4.22. The number of anilines is 1. The van der Waals surface area contributed by atoms with Crippen molar-refractivity contribution in [3.05, 3.63) is 83.1 Å². The van der Waals surface area contributed by atoms with Crippen LogP contribution in [-0.4, -0.2) is 35.2 Å². The predicted octanol–water partition coefficient (Wildman–Crippen LogP) is 2.11. The fourth-order valence-electron chi connectivity index (χ4n) is 2.65.